The van der Waals surface area contributed by atoms with Crippen molar-refractivity contribution in [1.29, 1.82) is 0 Å². The number of ether oxygens (including phenoxy) is 2. The van der Waals surface area contributed by atoms with Gasteiger partial charge in [0.2, 0.25) is 0 Å². The Hall–Kier alpha value is -3.85. The van der Waals surface area contributed by atoms with Crippen LogP contribution in [0.2, 0.25) is 0 Å². The summed E-state index contributed by atoms with van der Waals surface area (Å²) in [7, 11) is 1.16. The first-order valence-corrected chi connectivity index (χ1v) is 44.4. The van der Waals surface area contributed by atoms with E-state index in [2.05, 4.69) is 148 Å². The van der Waals surface area contributed by atoms with Crippen LogP contribution in [0.3, 0.4) is 0 Å². The lowest BCUT2D eigenvalue weighted by Gasteiger charge is -2.28. The Balaban J connectivity index is 3.97. The molecule has 0 fully saturated rings. The molecule has 9 nitrogen and oxygen atoms in total. The van der Waals surface area contributed by atoms with Crippen molar-refractivity contribution >= 4 is 19.8 Å². The number of phosphoric acid groups is 1. The van der Waals surface area contributed by atoms with Crippen LogP contribution in [0.4, 0.5) is 0 Å². The molecule has 0 radical (unpaired) electrons. The number of carbonyl (C=O) groups is 2. The molecule has 0 aromatic rings. The first kappa shape index (κ1) is 98.2. The van der Waals surface area contributed by atoms with Gasteiger partial charge in [-0.25, -0.2) is 0 Å². The van der Waals surface area contributed by atoms with Crippen molar-refractivity contribution < 1.29 is 42.1 Å². The topological polar surface area (TPSA) is 111 Å². The third-order valence-corrected chi connectivity index (χ3v) is 19.6. The number of quaternary nitrogens is 1. The average Bonchev–Trinajstić information content (AvgIpc) is 0.914. The number of hydrogen-bond acceptors (Lipinski definition) is 8. The van der Waals surface area contributed by atoms with Gasteiger partial charge in [0.05, 0.1) is 27.7 Å². The van der Waals surface area contributed by atoms with E-state index in [0.717, 1.165) is 109 Å². The summed E-state index contributed by atoms with van der Waals surface area (Å²) in [5, 5.41) is 0. The number of phosphoric ester groups is 1. The van der Waals surface area contributed by atoms with Gasteiger partial charge in [0.25, 0.3) is 7.82 Å². The van der Waals surface area contributed by atoms with Gasteiger partial charge in [-0.2, -0.15) is 0 Å². The first-order chi connectivity index (χ1) is 50.0. The van der Waals surface area contributed by atoms with Crippen LogP contribution in [0.1, 0.15) is 386 Å². The molecule has 10 heteroatoms. The monoisotopic (exact) mass is 1440 g/mol. The van der Waals surface area contributed by atoms with E-state index in [1.54, 1.807) is 0 Å². The minimum atomic E-state index is -4.66. The molecule has 102 heavy (non-hydrogen) atoms. The smallest absolute Gasteiger partial charge is 0.306 e. The largest absolute Gasteiger partial charge is 0.756 e. The molecule has 0 aliphatic heterocycles. The number of rotatable bonds is 79. The summed E-state index contributed by atoms with van der Waals surface area (Å²) in [6, 6.07) is 0. The van der Waals surface area contributed by atoms with Crippen LogP contribution in [-0.2, 0) is 32.7 Å². The molecule has 2 atom stereocenters. The highest BCUT2D eigenvalue weighted by Gasteiger charge is 2.22. The standard InChI is InChI=1S/C92H162NO8P/c1-6-8-10-12-14-16-18-20-22-24-26-28-30-32-34-36-38-40-42-44-46-48-50-52-54-56-58-60-62-64-66-68-70-72-74-76-78-80-82-84-91(94)98-88-90(89-100-102(96,97)99-87-86-93(3,4)5)101-92(95)85-83-81-79-77-75-73-71-69-67-65-63-61-59-57-55-53-51-49-47-45-43-41-39-37-35-33-31-29-27-25-23-21-19-17-15-13-11-9-7-2/h9,11,15,17,21,23-24,26-27,29,33,35,39,41,45,47,51,53,57,59,63,65,90H,6-8,10,12-14,16,18-20,22,25,28,30-32,34,36-38,40,42-44,46,48-50,52,54-56,58,60-62,64,66-89H2,1-5H3/b11-9-,17-15-,23-21-,26-24-,29-27-,35-33-,41-39-,47-45-,53-51-,59-57-,65-63-. The van der Waals surface area contributed by atoms with Gasteiger partial charge in [-0.1, -0.05) is 392 Å². The Kier molecular flexibility index (Phi) is 78.2. The molecule has 0 heterocycles. The molecule has 0 N–H and O–H groups in total. The van der Waals surface area contributed by atoms with Crippen molar-refractivity contribution in [3.8, 4) is 0 Å². The highest BCUT2D eigenvalue weighted by molar-refractivity contribution is 7.45. The Morgan fingerprint density at radius 2 is 0.559 bits per heavy atom. The second-order valence-corrected chi connectivity index (χ2v) is 31.2. The van der Waals surface area contributed by atoms with E-state index in [9.17, 15) is 19.0 Å². The Morgan fingerprint density at radius 3 is 0.843 bits per heavy atom. The predicted octanol–water partition coefficient (Wildman–Crippen LogP) is 28.4. The molecule has 0 spiro atoms. The van der Waals surface area contributed by atoms with Crippen molar-refractivity contribution in [1.82, 2.24) is 0 Å². The number of hydrogen-bond donors (Lipinski definition) is 0. The Morgan fingerprint density at radius 1 is 0.314 bits per heavy atom. The van der Waals surface area contributed by atoms with Crippen LogP contribution in [-0.4, -0.2) is 70.0 Å². The second kappa shape index (κ2) is 81.2. The summed E-state index contributed by atoms with van der Waals surface area (Å²) >= 11 is 0. The van der Waals surface area contributed by atoms with E-state index in [1.165, 1.54) is 244 Å². The normalized spacial score (nSPS) is 13.7. The molecule has 0 aromatic carbocycles. The van der Waals surface area contributed by atoms with E-state index in [0.29, 0.717) is 17.4 Å². The van der Waals surface area contributed by atoms with E-state index >= 15 is 0 Å². The van der Waals surface area contributed by atoms with Crippen molar-refractivity contribution in [2.75, 3.05) is 47.5 Å². The number of nitrogens with zero attached hydrogens (tertiary/aromatic N) is 1. The lowest BCUT2D eigenvalue weighted by molar-refractivity contribution is -0.870. The summed E-state index contributed by atoms with van der Waals surface area (Å²) in [5.74, 6) is -0.835. The fourth-order valence-electron chi connectivity index (χ4n) is 12.2. The molecule has 0 saturated heterocycles. The third-order valence-electron chi connectivity index (χ3n) is 18.7. The maximum absolute atomic E-state index is 12.9. The SMILES string of the molecule is CC/C=C\C/C=C\C/C=C\C/C=C\C/C=C\C/C=C\C/C=C\C/C=C\C/C=C\C/C=C\CCCCCCCCCCC(=O)OC(COC(=O)CCCCCCCCCCCCCCCCCCCCCCCCCCCCC/C=C\CCCCCCCCCC)COP(=O)([O-])OCC[N+](C)(C)C. The highest BCUT2D eigenvalue weighted by atomic mass is 31.2. The van der Waals surface area contributed by atoms with Crippen LogP contribution in [0.25, 0.3) is 0 Å². The average molecular weight is 1440 g/mol. The molecule has 0 bridgehead atoms. The minimum absolute atomic E-state index is 0.0367. The zero-order chi connectivity index (χ0) is 74.0. The lowest BCUT2D eigenvalue weighted by atomic mass is 10.0. The lowest BCUT2D eigenvalue weighted by Crippen LogP contribution is -2.37. The molecule has 588 valence electrons. The van der Waals surface area contributed by atoms with Gasteiger partial charge in [-0.3, -0.25) is 14.2 Å². The maximum Gasteiger partial charge on any atom is 0.306 e. The van der Waals surface area contributed by atoms with Gasteiger partial charge in [0, 0.05) is 12.8 Å². The van der Waals surface area contributed by atoms with Crippen LogP contribution in [0.15, 0.2) is 134 Å². The van der Waals surface area contributed by atoms with Crippen LogP contribution in [0.5, 0.6) is 0 Å². The molecule has 0 rings (SSSR count). The summed E-state index contributed by atoms with van der Waals surface area (Å²) in [4.78, 5) is 38.2. The van der Waals surface area contributed by atoms with Gasteiger partial charge in [-0.15, -0.1) is 0 Å². The Bertz CT molecular complexity index is 2190. The molecular weight excluding hydrogens is 1280 g/mol. The summed E-state index contributed by atoms with van der Waals surface area (Å²) in [6.45, 7) is 4.15. The second-order valence-electron chi connectivity index (χ2n) is 29.8. The molecule has 0 amide bonds. The molecule has 2 unspecified atom stereocenters. The number of carbonyl (C=O) groups excluding carboxylic acids is 2. The van der Waals surface area contributed by atoms with Crippen molar-refractivity contribution in [2.45, 2.75) is 392 Å². The van der Waals surface area contributed by atoms with Crippen molar-refractivity contribution in [2.24, 2.45) is 0 Å². The van der Waals surface area contributed by atoms with E-state index in [4.69, 9.17) is 18.5 Å². The van der Waals surface area contributed by atoms with Gasteiger partial charge >= 0.3 is 11.9 Å². The minimum Gasteiger partial charge on any atom is -0.756 e. The molecule has 0 aliphatic carbocycles. The van der Waals surface area contributed by atoms with Crippen molar-refractivity contribution in [3.05, 3.63) is 134 Å². The van der Waals surface area contributed by atoms with Gasteiger partial charge in [0.15, 0.2) is 6.10 Å². The third kappa shape index (κ3) is 85.1. The molecule has 0 saturated carbocycles. The summed E-state index contributed by atoms with van der Waals surface area (Å²) in [6.07, 6.45) is 119. The number of likely N-dealkylation sites (N-methyl/N-ethyl adjacent to an activating group) is 1. The number of esters is 2. The fourth-order valence-corrected chi connectivity index (χ4v) is 12.9. The van der Waals surface area contributed by atoms with Crippen LogP contribution in [0, 0.1) is 0 Å². The van der Waals surface area contributed by atoms with Gasteiger partial charge < -0.3 is 27.9 Å². The summed E-state index contributed by atoms with van der Waals surface area (Å²) in [5.41, 5.74) is 0. The van der Waals surface area contributed by atoms with Crippen LogP contribution >= 0.6 is 7.82 Å². The van der Waals surface area contributed by atoms with Crippen molar-refractivity contribution in [3.63, 3.8) is 0 Å². The van der Waals surface area contributed by atoms with E-state index < -0.39 is 26.5 Å². The summed E-state index contributed by atoms with van der Waals surface area (Å²) < 4.78 is 34.4. The number of unbranched alkanes of at least 4 members (excludes halogenated alkanes) is 43. The predicted molar refractivity (Wildman–Crippen MR) is 443 cm³/mol. The maximum atomic E-state index is 12.9. The van der Waals surface area contributed by atoms with E-state index in [-0.39, 0.29) is 32.0 Å². The first-order valence-electron chi connectivity index (χ1n) is 42.9. The van der Waals surface area contributed by atoms with Gasteiger partial charge in [-0.05, 0) is 116 Å². The number of allylic oxidation sites excluding steroid dienone is 22. The zero-order valence-corrected chi connectivity index (χ0v) is 68.2. The quantitative estimate of drug-likeness (QED) is 0.0195. The highest BCUT2D eigenvalue weighted by Crippen LogP contribution is 2.38. The van der Waals surface area contributed by atoms with Crippen LogP contribution < -0.4 is 4.89 Å². The Labute approximate surface area is 631 Å². The van der Waals surface area contributed by atoms with Gasteiger partial charge in [0.1, 0.15) is 19.8 Å². The molecule has 0 aromatic heterocycles. The van der Waals surface area contributed by atoms with E-state index in [1.807, 2.05) is 21.1 Å². The fraction of sp³-hybridized carbons (Fsp3) is 0.739. The molecule has 0 aliphatic rings. The molecular formula is C92H162NO8P. The zero-order valence-electron chi connectivity index (χ0n) is 67.3.